The molecule has 1 heterocycles. The van der Waals surface area contributed by atoms with E-state index in [1.165, 1.54) is 24.1 Å². The van der Waals surface area contributed by atoms with Crippen LogP contribution in [0.2, 0.25) is 0 Å². The second kappa shape index (κ2) is 5.33. The molecule has 0 radical (unpaired) electrons. The molecule has 1 fully saturated rings. The molecule has 1 aliphatic rings. The van der Waals surface area contributed by atoms with Gasteiger partial charge in [-0.05, 0) is 50.3 Å². The minimum absolute atomic E-state index is 0.605. The predicted octanol–water partition coefficient (Wildman–Crippen LogP) is 4.14. The number of hydrogen-bond acceptors (Lipinski definition) is 2. The number of rotatable bonds is 4. The smallest absolute Gasteiger partial charge is 0.0443 e. The average Bonchev–Trinajstić information content (AvgIpc) is 2.84. The molecule has 1 aromatic heterocycles. The molecule has 1 aliphatic carbocycles. The standard InChI is InChI=1S/C14H23NS/c1-4-15-14(12-7-5-10(2)9-12)13-8-6-11(3)16-13/h6,8,10,12,14-15H,4-5,7,9H2,1-3H3. The Labute approximate surface area is 103 Å². The van der Waals surface area contributed by atoms with E-state index in [1.54, 1.807) is 4.88 Å². The Balaban J connectivity index is 2.10. The van der Waals surface area contributed by atoms with Crippen molar-refractivity contribution in [2.24, 2.45) is 11.8 Å². The van der Waals surface area contributed by atoms with Crippen molar-refractivity contribution in [3.8, 4) is 0 Å². The summed E-state index contributed by atoms with van der Waals surface area (Å²) in [5, 5.41) is 3.69. The average molecular weight is 237 g/mol. The summed E-state index contributed by atoms with van der Waals surface area (Å²) in [6.07, 6.45) is 4.21. The van der Waals surface area contributed by atoms with Crippen molar-refractivity contribution >= 4 is 11.3 Å². The van der Waals surface area contributed by atoms with Gasteiger partial charge < -0.3 is 5.32 Å². The summed E-state index contributed by atoms with van der Waals surface area (Å²) in [7, 11) is 0. The van der Waals surface area contributed by atoms with E-state index in [2.05, 4.69) is 38.2 Å². The quantitative estimate of drug-likeness (QED) is 0.829. The van der Waals surface area contributed by atoms with Gasteiger partial charge in [-0.25, -0.2) is 0 Å². The first-order valence-corrected chi connectivity index (χ1v) is 7.32. The molecule has 0 amide bonds. The lowest BCUT2D eigenvalue weighted by Gasteiger charge is -2.23. The van der Waals surface area contributed by atoms with Crippen LogP contribution in [-0.2, 0) is 0 Å². The van der Waals surface area contributed by atoms with Gasteiger partial charge >= 0.3 is 0 Å². The van der Waals surface area contributed by atoms with Crippen LogP contribution in [-0.4, -0.2) is 6.54 Å². The zero-order chi connectivity index (χ0) is 11.5. The Morgan fingerprint density at radius 1 is 1.44 bits per heavy atom. The first-order chi connectivity index (χ1) is 7.70. The SMILES string of the molecule is CCNC(c1ccc(C)s1)C1CCC(C)C1. The van der Waals surface area contributed by atoms with Crippen LogP contribution in [0.4, 0.5) is 0 Å². The van der Waals surface area contributed by atoms with Crippen molar-refractivity contribution < 1.29 is 0 Å². The molecule has 0 aliphatic heterocycles. The fraction of sp³-hybridized carbons (Fsp3) is 0.714. The number of aryl methyl sites for hydroxylation is 1. The molecule has 1 nitrogen and oxygen atoms in total. The van der Waals surface area contributed by atoms with E-state index in [4.69, 9.17) is 0 Å². The van der Waals surface area contributed by atoms with E-state index in [-0.39, 0.29) is 0 Å². The van der Waals surface area contributed by atoms with E-state index in [1.807, 2.05) is 11.3 Å². The Morgan fingerprint density at radius 3 is 2.75 bits per heavy atom. The van der Waals surface area contributed by atoms with E-state index >= 15 is 0 Å². The number of thiophene rings is 1. The van der Waals surface area contributed by atoms with E-state index in [0.29, 0.717) is 6.04 Å². The summed E-state index contributed by atoms with van der Waals surface area (Å²) in [6, 6.07) is 5.17. The maximum atomic E-state index is 3.69. The summed E-state index contributed by atoms with van der Waals surface area (Å²) >= 11 is 1.96. The lowest BCUT2D eigenvalue weighted by Crippen LogP contribution is -2.26. The summed E-state index contributed by atoms with van der Waals surface area (Å²) < 4.78 is 0. The molecule has 0 bridgehead atoms. The van der Waals surface area contributed by atoms with Gasteiger partial charge in [-0.15, -0.1) is 11.3 Å². The zero-order valence-electron chi connectivity index (χ0n) is 10.6. The normalized spacial score (nSPS) is 27.2. The van der Waals surface area contributed by atoms with Crippen LogP contribution in [0.25, 0.3) is 0 Å². The minimum atomic E-state index is 0.605. The molecule has 16 heavy (non-hydrogen) atoms. The third-order valence-electron chi connectivity index (χ3n) is 3.70. The second-order valence-corrected chi connectivity index (χ2v) is 6.48. The third kappa shape index (κ3) is 2.67. The molecule has 1 saturated carbocycles. The first kappa shape index (κ1) is 12.1. The Kier molecular flexibility index (Phi) is 4.04. The van der Waals surface area contributed by atoms with Gasteiger partial charge in [0.25, 0.3) is 0 Å². The van der Waals surface area contributed by atoms with Crippen molar-refractivity contribution in [3.05, 3.63) is 21.9 Å². The first-order valence-electron chi connectivity index (χ1n) is 6.50. The number of hydrogen-bond donors (Lipinski definition) is 1. The van der Waals surface area contributed by atoms with Gasteiger partial charge in [-0.1, -0.05) is 20.3 Å². The lowest BCUT2D eigenvalue weighted by molar-refractivity contribution is 0.370. The molecule has 2 rings (SSSR count). The van der Waals surface area contributed by atoms with Crippen LogP contribution < -0.4 is 5.32 Å². The van der Waals surface area contributed by atoms with Gasteiger partial charge in [-0.3, -0.25) is 0 Å². The highest BCUT2D eigenvalue weighted by Crippen LogP contribution is 2.40. The molecule has 90 valence electrons. The van der Waals surface area contributed by atoms with Crippen LogP contribution >= 0.6 is 11.3 Å². The predicted molar refractivity (Wildman–Crippen MR) is 72.0 cm³/mol. The highest BCUT2D eigenvalue weighted by Gasteiger charge is 2.29. The molecular formula is C14H23NS. The lowest BCUT2D eigenvalue weighted by atomic mass is 9.95. The number of nitrogens with one attached hydrogen (secondary N) is 1. The Hall–Kier alpha value is -0.340. The summed E-state index contributed by atoms with van der Waals surface area (Å²) in [4.78, 5) is 2.97. The topological polar surface area (TPSA) is 12.0 Å². The van der Waals surface area contributed by atoms with Gasteiger partial charge in [-0.2, -0.15) is 0 Å². The van der Waals surface area contributed by atoms with Crippen molar-refractivity contribution in [1.29, 1.82) is 0 Å². The molecule has 1 N–H and O–H groups in total. The second-order valence-electron chi connectivity index (χ2n) is 5.16. The molecule has 3 atom stereocenters. The molecule has 1 aromatic rings. The summed E-state index contributed by atoms with van der Waals surface area (Å²) in [5.41, 5.74) is 0. The maximum Gasteiger partial charge on any atom is 0.0443 e. The largest absolute Gasteiger partial charge is 0.309 e. The van der Waals surface area contributed by atoms with Crippen molar-refractivity contribution in [3.63, 3.8) is 0 Å². The molecule has 0 spiro atoms. The Bertz CT molecular complexity index is 331. The van der Waals surface area contributed by atoms with Crippen LogP contribution in [0.5, 0.6) is 0 Å². The third-order valence-corrected chi connectivity index (χ3v) is 4.78. The zero-order valence-corrected chi connectivity index (χ0v) is 11.4. The fourth-order valence-electron chi connectivity index (χ4n) is 2.89. The van der Waals surface area contributed by atoms with Crippen LogP contribution in [0.3, 0.4) is 0 Å². The highest BCUT2D eigenvalue weighted by atomic mass is 32.1. The fourth-order valence-corrected chi connectivity index (χ4v) is 3.94. The molecule has 3 unspecified atom stereocenters. The van der Waals surface area contributed by atoms with Crippen molar-refractivity contribution in [2.45, 2.75) is 46.1 Å². The highest BCUT2D eigenvalue weighted by molar-refractivity contribution is 7.12. The van der Waals surface area contributed by atoms with Gasteiger partial charge in [0, 0.05) is 15.8 Å². The van der Waals surface area contributed by atoms with Crippen molar-refractivity contribution in [2.75, 3.05) is 6.54 Å². The van der Waals surface area contributed by atoms with Gasteiger partial charge in [0.2, 0.25) is 0 Å². The van der Waals surface area contributed by atoms with E-state index in [0.717, 1.165) is 18.4 Å². The van der Waals surface area contributed by atoms with E-state index in [9.17, 15) is 0 Å². The molecule has 0 saturated heterocycles. The van der Waals surface area contributed by atoms with Crippen LogP contribution in [0.1, 0.15) is 48.9 Å². The molecular weight excluding hydrogens is 214 g/mol. The van der Waals surface area contributed by atoms with Gasteiger partial charge in [0.05, 0.1) is 0 Å². The monoisotopic (exact) mass is 237 g/mol. The molecule has 0 aromatic carbocycles. The summed E-state index contributed by atoms with van der Waals surface area (Å²) in [6.45, 7) is 7.88. The van der Waals surface area contributed by atoms with Gasteiger partial charge in [0.1, 0.15) is 0 Å². The van der Waals surface area contributed by atoms with Crippen LogP contribution in [0.15, 0.2) is 12.1 Å². The maximum absolute atomic E-state index is 3.69. The van der Waals surface area contributed by atoms with Gasteiger partial charge in [0.15, 0.2) is 0 Å². The van der Waals surface area contributed by atoms with Crippen LogP contribution in [0, 0.1) is 18.8 Å². The van der Waals surface area contributed by atoms with Crippen molar-refractivity contribution in [1.82, 2.24) is 5.32 Å². The van der Waals surface area contributed by atoms with E-state index < -0.39 is 0 Å². The Morgan fingerprint density at radius 2 is 2.25 bits per heavy atom. The minimum Gasteiger partial charge on any atom is -0.309 e. The molecule has 2 heteroatoms. The summed E-state index contributed by atoms with van der Waals surface area (Å²) in [5.74, 6) is 1.78.